The van der Waals surface area contributed by atoms with Crippen molar-refractivity contribution in [3.63, 3.8) is 0 Å². The highest BCUT2D eigenvalue weighted by Gasteiger charge is 2.52. The summed E-state index contributed by atoms with van der Waals surface area (Å²) in [6.45, 7) is 0.294. The van der Waals surface area contributed by atoms with Crippen molar-refractivity contribution in [2.75, 3.05) is 32.9 Å². The van der Waals surface area contributed by atoms with E-state index in [9.17, 15) is 15.0 Å². The Hall–Kier alpha value is -4.11. The Balaban J connectivity index is 1.54. The Labute approximate surface area is 213 Å². The Morgan fingerprint density at radius 3 is 2.35 bits per heavy atom. The zero-order valence-corrected chi connectivity index (χ0v) is 20.4. The minimum atomic E-state index is -0.509. The Bertz CT molecular complexity index is 1350. The highest BCUT2D eigenvalue weighted by molar-refractivity contribution is 5.79. The minimum Gasteiger partial charge on any atom is -0.502 e. The zero-order chi connectivity index (χ0) is 25.7. The van der Waals surface area contributed by atoms with E-state index in [1.165, 1.54) is 14.2 Å². The number of hydrogen-bond donors (Lipinski definition) is 3. The molecular formula is C28H27NO8. The number of benzene rings is 3. The van der Waals surface area contributed by atoms with E-state index >= 15 is 0 Å². The number of ether oxygens (including phenoxy) is 5. The van der Waals surface area contributed by atoms with Gasteiger partial charge in [0.05, 0.1) is 39.4 Å². The monoisotopic (exact) mass is 505 g/mol. The van der Waals surface area contributed by atoms with Gasteiger partial charge in [-0.3, -0.25) is 4.79 Å². The van der Waals surface area contributed by atoms with Crippen molar-refractivity contribution in [3.8, 4) is 28.7 Å². The SMILES string of the molecule is COc1cc(C2c3cc4c(cc3[C@@H](Nc3cccc(CO)c3)C3COC(=O)[C@H]23)OCO4)cc(OC)c1O. The van der Waals surface area contributed by atoms with Gasteiger partial charge in [0, 0.05) is 17.5 Å². The lowest BCUT2D eigenvalue weighted by Gasteiger charge is -2.40. The fraction of sp³-hybridized carbons (Fsp3) is 0.321. The number of aliphatic hydroxyl groups is 1. The van der Waals surface area contributed by atoms with E-state index in [-0.39, 0.29) is 55.2 Å². The number of cyclic esters (lactones) is 1. The van der Waals surface area contributed by atoms with Crippen LogP contribution in [0.3, 0.4) is 0 Å². The first-order chi connectivity index (χ1) is 18.0. The maximum atomic E-state index is 13.3. The summed E-state index contributed by atoms with van der Waals surface area (Å²) in [6.07, 6.45) is 0. The maximum absolute atomic E-state index is 13.3. The number of aromatic hydroxyl groups is 1. The van der Waals surface area contributed by atoms with Gasteiger partial charge in [0.25, 0.3) is 0 Å². The molecule has 4 atom stereocenters. The normalized spacial score (nSPS) is 23.2. The van der Waals surface area contributed by atoms with Crippen LogP contribution >= 0.6 is 0 Å². The summed E-state index contributed by atoms with van der Waals surface area (Å²) in [7, 11) is 2.94. The van der Waals surface area contributed by atoms with Crippen LogP contribution in [0.25, 0.3) is 0 Å². The average molecular weight is 506 g/mol. The van der Waals surface area contributed by atoms with Crippen LogP contribution in [0.1, 0.15) is 34.2 Å². The molecule has 0 amide bonds. The molecule has 0 bridgehead atoms. The summed E-state index contributed by atoms with van der Waals surface area (Å²) in [5.41, 5.74) is 4.19. The predicted octanol–water partition coefficient (Wildman–Crippen LogP) is 3.72. The molecule has 3 aromatic rings. The molecule has 1 fully saturated rings. The van der Waals surface area contributed by atoms with E-state index in [1.807, 2.05) is 36.4 Å². The van der Waals surface area contributed by atoms with E-state index in [0.29, 0.717) is 11.5 Å². The van der Waals surface area contributed by atoms with Crippen molar-refractivity contribution >= 4 is 11.7 Å². The van der Waals surface area contributed by atoms with Crippen LogP contribution in [0.15, 0.2) is 48.5 Å². The number of esters is 1. The highest BCUT2D eigenvalue weighted by Crippen LogP contribution is 2.56. The lowest BCUT2D eigenvalue weighted by atomic mass is 9.65. The first-order valence-electron chi connectivity index (χ1n) is 12.0. The van der Waals surface area contributed by atoms with E-state index in [4.69, 9.17) is 23.7 Å². The van der Waals surface area contributed by atoms with E-state index in [2.05, 4.69) is 5.32 Å². The number of hydrogen-bond acceptors (Lipinski definition) is 9. The summed E-state index contributed by atoms with van der Waals surface area (Å²) in [5.74, 6) is 0.227. The fourth-order valence-electron chi connectivity index (χ4n) is 5.78. The van der Waals surface area contributed by atoms with Gasteiger partial charge in [0.15, 0.2) is 23.0 Å². The van der Waals surface area contributed by atoms with Crippen molar-refractivity contribution in [2.45, 2.75) is 18.6 Å². The molecule has 0 spiro atoms. The fourth-order valence-corrected chi connectivity index (χ4v) is 5.78. The third kappa shape index (κ3) is 3.77. The number of phenols is 1. The molecule has 1 aliphatic carbocycles. The molecule has 2 aliphatic heterocycles. The van der Waals surface area contributed by atoms with Crippen LogP contribution in [0.4, 0.5) is 5.69 Å². The molecule has 9 nitrogen and oxygen atoms in total. The van der Waals surface area contributed by atoms with Gasteiger partial charge >= 0.3 is 5.97 Å². The number of carbonyl (C=O) groups excluding carboxylic acids is 1. The first kappa shape index (κ1) is 23.3. The number of methoxy groups -OCH3 is 2. The molecule has 3 aromatic carbocycles. The Morgan fingerprint density at radius 2 is 1.68 bits per heavy atom. The van der Waals surface area contributed by atoms with Gasteiger partial charge < -0.3 is 39.2 Å². The van der Waals surface area contributed by atoms with Crippen LogP contribution in [-0.4, -0.2) is 43.8 Å². The van der Waals surface area contributed by atoms with E-state index in [1.54, 1.807) is 12.1 Å². The van der Waals surface area contributed by atoms with Crippen LogP contribution in [-0.2, 0) is 16.1 Å². The van der Waals surface area contributed by atoms with E-state index in [0.717, 1.165) is 27.9 Å². The van der Waals surface area contributed by atoms with Crippen molar-refractivity contribution in [3.05, 3.63) is 70.8 Å². The van der Waals surface area contributed by atoms with Crippen molar-refractivity contribution < 1.29 is 38.7 Å². The molecule has 3 aliphatic rings. The van der Waals surface area contributed by atoms with Crippen LogP contribution < -0.4 is 24.3 Å². The van der Waals surface area contributed by atoms with Crippen molar-refractivity contribution in [1.82, 2.24) is 0 Å². The molecule has 3 N–H and O–H groups in total. The van der Waals surface area contributed by atoms with Gasteiger partial charge in [0.1, 0.15) is 0 Å². The molecule has 0 radical (unpaired) electrons. The highest BCUT2D eigenvalue weighted by atomic mass is 16.7. The zero-order valence-electron chi connectivity index (χ0n) is 20.4. The molecule has 192 valence electrons. The quantitative estimate of drug-likeness (QED) is 0.431. The third-order valence-corrected chi connectivity index (χ3v) is 7.48. The van der Waals surface area contributed by atoms with Crippen LogP contribution in [0.2, 0.25) is 0 Å². The van der Waals surface area contributed by atoms with Gasteiger partial charge in [-0.1, -0.05) is 12.1 Å². The second kappa shape index (κ2) is 9.08. The lowest BCUT2D eigenvalue weighted by molar-refractivity contribution is -0.141. The number of aliphatic hydroxyl groups excluding tert-OH is 1. The molecule has 37 heavy (non-hydrogen) atoms. The minimum absolute atomic E-state index is 0.0737. The summed E-state index contributed by atoms with van der Waals surface area (Å²) >= 11 is 0. The summed E-state index contributed by atoms with van der Waals surface area (Å²) < 4.78 is 27.9. The lowest BCUT2D eigenvalue weighted by Crippen LogP contribution is -2.37. The molecule has 9 heteroatoms. The maximum Gasteiger partial charge on any atom is 0.310 e. The predicted molar refractivity (Wildman–Crippen MR) is 132 cm³/mol. The smallest absolute Gasteiger partial charge is 0.310 e. The average Bonchev–Trinajstić information content (AvgIpc) is 3.54. The second-order valence-electron chi connectivity index (χ2n) is 9.39. The largest absolute Gasteiger partial charge is 0.502 e. The van der Waals surface area contributed by atoms with Crippen molar-refractivity contribution in [1.29, 1.82) is 0 Å². The van der Waals surface area contributed by atoms with Gasteiger partial charge in [-0.05, 0) is 58.7 Å². The number of anilines is 1. The summed E-state index contributed by atoms with van der Waals surface area (Å²) in [4.78, 5) is 13.3. The molecule has 0 aromatic heterocycles. The van der Waals surface area contributed by atoms with Gasteiger partial charge in [0.2, 0.25) is 12.5 Å². The van der Waals surface area contributed by atoms with Gasteiger partial charge in [-0.15, -0.1) is 0 Å². The third-order valence-electron chi connectivity index (χ3n) is 7.48. The Morgan fingerprint density at radius 1 is 0.973 bits per heavy atom. The summed E-state index contributed by atoms with van der Waals surface area (Å²) in [5, 5.41) is 23.7. The topological polar surface area (TPSA) is 116 Å². The van der Waals surface area contributed by atoms with Crippen LogP contribution in [0, 0.1) is 11.8 Å². The number of nitrogens with one attached hydrogen (secondary N) is 1. The first-order valence-corrected chi connectivity index (χ1v) is 12.0. The van der Waals surface area contributed by atoms with Crippen molar-refractivity contribution in [2.24, 2.45) is 11.8 Å². The van der Waals surface area contributed by atoms with Crippen LogP contribution in [0.5, 0.6) is 28.7 Å². The standard InChI is InChI=1S/C28H27NO8/c1-33-22-7-15(8-23(34-2)27(22)31)24-17-9-20-21(37-13-36-20)10-18(17)26(19-12-35-28(32)25(19)24)29-16-5-3-4-14(6-16)11-30/h3-10,19,24-26,29-31H,11-13H2,1-2H3/t19?,24?,25-,26+/m0/s1. The van der Waals surface area contributed by atoms with Gasteiger partial charge in [-0.2, -0.15) is 0 Å². The number of fused-ring (bicyclic) bond motifs is 3. The second-order valence-corrected chi connectivity index (χ2v) is 9.39. The number of rotatable bonds is 6. The molecule has 1 saturated heterocycles. The molecule has 0 saturated carbocycles. The number of carbonyl (C=O) groups is 1. The molecule has 2 unspecified atom stereocenters. The summed E-state index contributed by atoms with van der Waals surface area (Å²) in [6, 6.07) is 14.6. The van der Waals surface area contributed by atoms with Gasteiger partial charge in [-0.25, -0.2) is 0 Å². The molecule has 2 heterocycles. The Kier molecular flexibility index (Phi) is 5.72. The molecular weight excluding hydrogens is 478 g/mol. The number of phenolic OH excluding ortho intramolecular Hbond substituents is 1. The molecule has 6 rings (SSSR count). The van der Waals surface area contributed by atoms with E-state index < -0.39 is 11.8 Å².